The van der Waals surface area contributed by atoms with E-state index in [9.17, 15) is 12.9 Å². The molecule has 1 aliphatic rings. The largest absolute Gasteiger partial charge is 1.00 e. The summed E-state index contributed by atoms with van der Waals surface area (Å²) < 4.78 is 43.4. The standard InChI is InChI=1S/C12H16BF3NO.K/c14-13(15,16)10-7-12(9-17-8-10)18-11-5-3-1-2-4-6-11;/h7-9,11H,1-6H2;/q-1;+1. The van der Waals surface area contributed by atoms with Crippen LogP contribution in [0, 0.1) is 0 Å². The molecule has 0 unspecified atom stereocenters. The molecular weight excluding hydrogens is 281 g/mol. The van der Waals surface area contributed by atoms with E-state index in [1.165, 1.54) is 19.0 Å². The molecule has 0 bridgehead atoms. The van der Waals surface area contributed by atoms with Gasteiger partial charge in [-0.05, 0) is 31.7 Å². The van der Waals surface area contributed by atoms with Crippen molar-refractivity contribution in [3.05, 3.63) is 18.5 Å². The van der Waals surface area contributed by atoms with Gasteiger partial charge < -0.3 is 17.7 Å². The Bertz CT molecular complexity index is 395. The van der Waals surface area contributed by atoms with Gasteiger partial charge in [-0.25, -0.2) is 0 Å². The minimum absolute atomic E-state index is 0. The summed E-state index contributed by atoms with van der Waals surface area (Å²) in [4.78, 5) is 3.61. The summed E-state index contributed by atoms with van der Waals surface area (Å²) in [5, 5.41) is 0. The molecule has 0 radical (unpaired) electrons. The van der Waals surface area contributed by atoms with E-state index in [1.54, 1.807) is 0 Å². The fourth-order valence-corrected chi connectivity index (χ4v) is 2.23. The zero-order valence-corrected chi connectivity index (χ0v) is 14.2. The zero-order valence-electron chi connectivity index (χ0n) is 11.1. The van der Waals surface area contributed by atoms with Crippen LogP contribution in [0.15, 0.2) is 18.5 Å². The zero-order chi connectivity index (χ0) is 13.0. The maximum atomic E-state index is 12.6. The van der Waals surface area contributed by atoms with Gasteiger partial charge in [-0.1, -0.05) is 18.3 Å². The van der Waals surface area contributed by atoms with Crippen molar-refractivity contribution in [3.8, 4) is 5.75 Å². The third-order valence-corrected chi connectivity index (χ3v) is 3.22. The van der Waals surface area contributed by atoms with Gasteiger partial charge in [-0.15, -0.1) is 0 Å². The molecule has 1 fully saturated rings. The van der Waals surface area contributed by atoms with Gasteiger partial charge in [0, 0.05) is 6.20 Å². The Morgan fingerprint density at radius 1 is 1.05 bits per heavy atom. The molecule has 7 heteroatoms. The Kier molecular flexibility index (Phi) is 7.39. The third-order valence-electron chi connectivity index (χ3n) is 3.22. The molecule has 1 heterocycles. The Morgan fingerprint density at radius 2 is 1.68 bits per heavy atom. The first-order valence-corrected chi connectivity index (χ1v) is 6.37. The van der Waals surface area contributed by atoms with Crippen molar-refractivity contribution < 1.29 is 69.1 Å². The molecule has 0 aromatic carbocycles. The molecule has 1 saturated carbocycles. The molecule has 1 aliphatic carbocycles. The van der Waals surface area contributed by atoms with E-state index in [-0.39, 0.29) is 63.2 Å². The van der Waals surface area contributed by atoms with Crippen LogP contribution < -0.4 is 61.6 Å². The summed E-state index contributed by atoms with van der Waals surface area (Å²) in [6.45, 7) is -5.00. The molecule has 1 aromatic heterocycles. The summed E-state index contributed by atoms with van der Waals surface area (Å²) in [5.74, 6) is 0.235. The molecule has 0 N–H and O–H groups in total. The summed E-state index contributed by atoms with van der Waals surface area (Å²) in [6, 6.07) is 1.05. The van der Waals surface area contributed by atoms with E-state index < -0.39 is 12.4 Å². The summed E-state index contributed by atoms with van der Waals surface area (Å²) >= 11 is 0. The van der Waals surface area contributed by atoms with Crippen LogP contribution in [0.25, 0.3) is 0 Å². The van der Waals surface area contributed by atoms with E-state index in [1.807, 2.05) is 0 Å². The quantitative estimate of drug-likeness (QED) is 0.589. The number of ether oxygens (including phenoxy) is 1. The smallest absolute Gasteiger partial charge is 0.489 e. The molecule has 0 saturated heterocycles. The van der Waals surface area contributed by atoms with Crippen molar-refractivity contribution in [3.63, 3.8) is 0 Å². The van der Waals surface area contributed by atoms with Crippen molar-refractivity contribution in [2.24, 2.45) is 0 Å². The predicted molar refractivity (Wildman–Crippen MR) is 65.1 cm³/mol. The first-order valence-electron chi connectivity index (χ1n) is 6.37. The van der Waals surface area contributed by atoms with Crippen LogP contribution in [-0.4, -0.2) is 18.1 Å². The molecule has 0 amide bonds. The molecule has 0 aliphatic heterocycles. The van der Waals surface area contributed by atoms with Crippen LogP contribution in [-0.2, 0) is 0 Å². The Labute approximate surface area is 154 Å². The summed E-state index contributed by atoms with van der Waals surface area (Å²) in [6.07, 6.45) is 8.61. The van der Waals surface area contributed by atoms with Gasteiger partial charge in [-0.3, -0.25) is 4.98 Å². The Morgan fingerprint density at radius 3 is 2.26 bits per heavy atom. The molecule has 0 spiro atoms. The molecule has 2 rings (SSSR count). The molecular formula is C12H16BF3KNO. The predicted octanol–water partition coefficient (Wildman–Crippen LogP) is 0.242. The van der Waals surface area contributed by atoms with E-state index in [0.717, 1.165) is 37.9 Å². The van der Waals surface area contributed by atoms with Crippen LogP contribution in [0.1, 0.15) is 38.5 Å². The number of hydrogen-bond donors (Lipinski definition) is 0. The second-order valence-corrected chi connectivity index (χ2v) is 4.76. The Balaban J connectivity index is 0.00000180. The number of nitrogens with zero attached hydrogens (tertiary/aromatic N) is 1. The minimum Gasteiger partial charge on any atom is -0.489 e. The first kappa shape index (κ1) is 17.5. The topological polar surface area (TPSA) is 22.1 Å². The van der Waals surface area contributed by atoms with Crippen LogP contribution >= 0.6 is 0 Å². The normalized spacial score (nSPS) is 17.4. The van der Waals surface area contributed by atoms with Crippen molar-refractivity contribution in [1.29, 1.82) is 0 Å². The fraction of sp³-hybridized carbons (Fsp3) is 0.583. The number of aromatic nitrogens is 1. The van der Waals surface area contributed by atoms with Crippen molar-refractivity contribution >= 4 is 12.4 Å². The van der Waals surface area contributed by atoms with E-state index >= 15 is 0 Å². The molecule has 0 atom stereocenters. The van der Waals surface area contributed by atoms with Crippen LogP contribution in [0.4, 0.5) is 12.9 Å². The fourth-order valence-electron chi connectivity index (χ4n) is 2.23. The first-order chi connectivity index (χ1) is 8.55. The average Bonchev–Trinajstić information content (AvgIpc) is 2.57. The Hall–Kier alpha value is 0.441. The monoisotopic (exact) mass is 297 g/mol. The van der Waals surface area contributed by atoms with Crippen LogP contribution in [0.2, 0.25) is 0 Å². The van der Waals surface area contributed by atoms with Crippen molar-refractivity contribution in [2.45, 2.75) is 44.6 Å². The molecule has 19 heavy (non-hydrogen) atoms. The van der Waals surface area contributed by atoms with Crippen molar-refractivity contribution in [2.75, 3.05) is 0 Å². The van der Waals surface area contributed by atoms with Gasteiger partial charge in [0.25, 0.3) is 0 Å². The van der Waals surface area contributed by atoms with Gasteiger partial charge >= 0.3 is 58.4 Å². The van der Waals surface area contributed by atoms with Crippen LogP contribution in [0.3, 0.4) is 0 Å². The molecule has 1 aromatic rings. The van der Waals surface area contributed by atoms with Gasteiger partial charge in [0.15, 0.2) is 0 Å². The number of hydrogen-bond acceptors (Lipinski definition) is 2. The number of halogens is 3. The second-order valence-electron chi connectivity index (χ2n) is 4.76. The van der Waals surface area contributed by atoms with Gasteiger partial charge in [0.1, 0.15) is 5.75 Å². The molecule has 2 nitrogen and oxygen atoms in total. The van der Waals surface area contributed by atoms with Crippen LogP contribution in [0.5, 0.6) is 5.75 Å². The number of rotatable bonds is 3. The summed E-state index contributed by atoms with van der Waals surface area (Å²) in [5.41, 5.74) is -0.693. The number of pyridine rings is 1. The van der Waals surface area contributed by atoms with Gasteiger partial charge in [-0.2, -0.15) is 0 Å². The minimum atomic E-state index is -5.00. The maximum absolute atomic E-state index is 12.6. The third kappa shape index (κ3) is 5.75. The maximum Gasteiger partial charge on any atom is 1.00 e. The second kappa shape index (κ2) is 8.02. The van der Waals surface area contributed by atoms with E-state index in [4.69, 9.17) is 4.74 Å². The summed E-state index contributed by atoms with van der Waals surface area (Å²) in [7, 11) is 0. The SMILES string of the molecule is F[B-](F)(F)c1cncc(OC2CCCCCC2)c1.[K+]. The van der Waals surface area contributed by atoms with E-state index in [2.05, 4.69) is 4.98 Å². The molecule has 100 valence electrons. The van der Waals surface area contributed by atoms with Crippen molar-refractivity contribution in [1.82, 2.24) is 4.98 Å². The van der Waals surface area contributed by atoms with Gasteiger partial charge in [0.05, 0.1) is 12.3 Å². The van der Waals surface area contributed by atoms with E-state index in [0.29, 0.717) is 0 Å². The average molecular weight is 297 g/mol. The van der Waals surface area contributed by atoms with Gasteiger partial charge in [0.2, 0.25) is 0 Å².